The number of aryl methyl sites for hydroxylation is 2. The number of nitrogens with one attached hydrogen (secondary N) is 1. The van der Waals surface area contributed by atoms with Gasteiger partial charge in [-0.3, -0.25) is 4.79 Å². The second-order valence-electron chi connectivity index (χ2n) is 4.85. The van der Waals surface area contributed by atoms with E-state index in [1.165, 1.54) is 0 Å². The molecule has 0 saturated carbocycles. The van der Waals surface area contributed by atoms with E-state index >= 15 is 0 Å². The molecule has 0 aliphatic carbocycles. The fraction of sp³-hybridized carbons (Fsp3) is 0.235. The highest BCUT2D eigenvalue weighted by atomic mass is 79.9. The summed E-state index contributed by atoms with van der Waals surface area (Å²) in [5.41, 5.74) is 3.48. The molecule has 3 nitrogen and oxygen atoms in total. The van der Waals surface area contributed by atoms with Crippen molar-refractivity contribution in [2.45, 2.75) is 20.8 Å². The summed E-state index contributed by atoms with van der Waals surface area (Å²) in [7, 11) is 0. The number of hydrogen-bond acceptors (Lipinski definition) is 2. The van der Waals surface area contributed by atoms with Crippen molar-refractivity contribution in [3.63, 3.8) is 0 Å². The minimum Gasteiger partial charge on any atom is -0.494 e. The molecule has 0 aromatic heterocycles. The van der Waals surface area contributed by atoms with Crippen LogP contribution >= 0.6 is 15.9 Å². The van der Waals surface area contributed by atoms with Crippen molar-refractivity contribution in [2.24, 2.45) is 0 Å². The second kappa shape index (κ2) is 6.76. The number of hydrogen-bond donors (Lipinski definition) is 1. The van der Waals surface area contributed by atoms with Crippen LogP contribution in [0.3, 0.4) is 0 Å². The van der Waals surface area contributed by atoms with E-state index in [9.17, 15) is 4.79 Å². The topological polar surface area (TPSA) is 38.3 Å². The van der Waals surface area contributed by atoms with Crippen LogP contribution in [0.25, 0.3) is 0 Å². The van der Waals surface area contributed by atoms with E-state index in [0.29, 0.717) is 12.2 Å². The molecule has 0 aliphatic heterocycles. The summed E-state index contributed by atoms with van der Waals surface area (Å²) >= 11 is 3.43. The zero-order chi connectivity index (χ0) is 15.4. The smallest absolute Gasteiger partial charge is 0.256 e. The summed E-state index contributed by atoms with van der Waals surface area (Å²) < 4.78 is 6.24. The summed E-state index contributed by atoms with van der Waals surface area (Å²) in [6.45, 7) is 6.51. The third-order valence-corrected chi connectivity index (χ3v) is 3.78. The van der Waals surface area contributed by atoms with Gasteiger partial charge in [-0.15, -0.1) is 0 Å². The van der Waals surface area contributed by atoms with Crippen molar-refractivity contribution in [3.8, 4) is 5.75 Å². The molecule has 0 spiro atoms. The maximum Gasteiger partial charge on any atom is 0.256 e. The third kappa shape index (κ3) is 3.85. The van der Waals surface area contributed by atoms with Gasteiger partial charge in [-0.1, -0.05) is 6.07 Å². The molecule has 4 heteroatoms. The first-order valence-electron chi connectivity index (χ1n) is 6.82. The first-order chi connectivity index (χ1) is 10.0. The molecular formula is C17H18BrNO2. The van der Waals surface area contributed by atoms with E-state index in [1.807, 2.05) is 57.2 Å². The fourth-order valence-electron chi connectivity index (χ4n) is 2.03. The van der Waals surface area contributed by atoms with Crippen LogP contribution in [0.4, 0.5) is 5.69 Å². The van der Waals surface area contributed by atoms with Gasteiger partial charge in [0.1, 0.15) is 5.75 Å². The molecule has 0 aliphatic rings. The molecule has 2 aromatic carbocycles. The molecule has 0 fully saturated rings. The molecule has 110 valence electrons. The highest BCUT2D eigenvalue weighted by Crippen LogP contribution is 2.24. The van der Waals surface area contributed by atoms with Gasteiger partial charge in [-0.2, -0.15) is 0 Å². The SMILES string of the molecule is CCOc1ccc(NC(=O)c2ccc(C)cc2Br)c(C)c1. The number of rotatable bonds is 4. The van der Waals surface area contributed by atoms with Crippen LogP contribution in [0, 0.1) is 13.8 Å². The number of ether oxygens (including phenoxy) is 1. The maximum absolute atomic E-state index is 12.3. The van der Waals surface area contributed by atoms with Crippen molar-refractivity contribution in [1.29, 1.82) is 0 Å². The van der Waals surface area contributed by atoms with Gasteiger partial charge < -0.3 is 10.1 Å². The van der Waals surface area contributed by atoms with Gasteiger partial charge >= 0.3 is 0 Å². The lowest BCUT2D eigenvalue weighted by atomic mass is 10.1. The first kappa shape index (κ1) is 15.6. The number of carbonyl (C=O) groups is 1. The Morgan fingerprint density at radius 2 is 1.95 bits per heavy atom. The molecule has 0 saturated heterocycles. The van der Waals surface area contributed by atoms with Gasteiger partial charge in [-0.05, 0) is 78.2 Å². The number of carbonyl (C=O) groups excluding carboxylic acids is 1. The minimum absolute atomic E-state index is 0.130. The first-order valence-corrected chi connectivity index (χ1v) is 7.61. The minimum atomic E-state index is -0.130. The molecule has 0 atom stereocenters. The standard InChI is InChI=1S/C17H18BrNO2/c1-4-21-13-6-8-16(12(3)10-13)19-17(20)14-7-5-11(2)9-15(14)18/h5-10H,4H2,1-3H3,(H,19,20). The highest BCUT2D eigenvalue weighted by Gasteiger charge is 2.11. The Morgan fingerprint density at radius 3 is 2.57 bits per heavy atom. The van der Waals surface area contributed by atoms with Crippen molar-refractivity contribution >= 4 is 27.5 Å². The molecule has 2 rings (SSSR count). The van der Waals surface area contributed by atoms with Gasteiger partial charge in [0.2, 0.25) is 0 Å². The monoisotopic (exact) mass is 347 g/mol. The van der Waals surface area contributed by atoms with Crippen molar-refractivity contribution in [2.75, 3.05) is 11.9 Å². The van der Waals surface area contributed by atoms with Gasteiger partial charge in [0.25, 0.3) is 5.91 Å². The lowest BCUT2D eigenvalue weighted by Gasteiger charge is -2.11. The Kier molecular flexibility index (Phi) is 5.02. The van der Waals surface area contributed by atoms with E-state index in [2.05, 4.69) is 21.2 Å². The van der Waals surface area contributed by atoms with Crippen LogP contribution in [0.5, 0.6) is 5.75 Å². The quantitative estimate of drug-likeness (QED) is 0.868. The number of amides is 1. The Morgan fingerprint density at radius 1 is 1.19 bits per heavy atom. The predicted octanol–water partition coefficient (Wildman–Crippen LogP) is 4.72. The average molecular weight is 348 g/mol. The lowest BCUT2D eigenvalue weighted by molar-refractivity contribution is 0.102. The highest BCUT2D eigenvalue weighted by molar-refractivity contribution is 9.10. The van der Waals surface area contributed by atoms with E-state index in [4.69, 9.17) is 4.74 Å². The lowest BCUT2D eigenvalue weighted by Crippen LogP contribution is -2.13. The normalized spacial score (nSPS) is 10.3. The van der Waals surface area contributed by atoms with E-state index in [-0.39, 0.29) is 5.91 Å². The Labute approximate surface area is 133 Å². The molecule has 0 unspecified atom stereocenters. The van der Waals surface area contributed by atoms with E-state index in [1.54, 1.807) is 0 Å². The van der Waals surface area contributed by atoms with Gasteiger partial charge in [-0.25, -0.2) is 0 Å². The summed E-state index contributed by atoms with van der Waals surface area (Å²) in [6.07, 6.45) is 0. The second-order valence-corrected chi connectivity index (χ2v) is 5.70. The van der Waals surface area contributed by atoms with E-state index in [0.717, 1.165) is 27.0 Å². The molecule has 0 heterocycles. The molecule has 0 radical (unpaired) electrons. The average Bonchev–Trinajstić information content (AvgIpc) is 2.42. The van der Waals surface area contributed by atoms with Crippen molar-refractivity contribution in [1.82, 2.24) is 0 Å². The van der Waals surface area contributed by atoms with Crippen LogP contribution in [0.1, 0.15) is 28.4 Å². The van der Waals surface area contributed by atoms with Gasteiger partial charge in [0.15, 0.2) is 0 Å². The maximum atomic E-state index is 12.3. The Hall–Kier alpha value is -1.81. The van der Waals surface area contributed by atoms with Crippen LogP contribution in [0.2, 0.25) is 0 Å². The van der Waals surface area contributed by atoms with Crippen molar-refractivity contribution < 1.29 is 9.53 Å². The van der Waals surface area contributed by atoms with Crippen LogP contribution in [0.15, 0.2) is 40.9 Å². The number of halogens is 1. The summed E-state index contributed by atoms with van der Waals surface area (Å²) in [5.74, 6) is 0.679. The zero-order valence-electron chi connectivity index (χ0n) is 12.4. The third-order valence-electron chi connectivity index (χ3n) is 3.13. The molecule has 1 amide bonds. The molecule has 21 heavy (non-hydrogen) atoms. The zero-order valence-corrected chi connectivity index (χ0v) is 14.0. The largest absolute Gasteiger partial charge is 0.494 e. The summed E-state index contributed by atoms with van der Waals surface area (Å²) in [4.78, 5) is 12.3. The molecule has 1 N–H and O–H groups in total. The number of anilines is 1. The Bertz CT molecular complexity index is 668. The van der Waals surface area contributed by atoms with Gasteiger partial charge in [0.05, 0.1) is 12.2 Å². The van der Waals surface area contributed by atoms with E-state index < -0.39 is 0 Å². The summed E-state index contributed by atoms with van der Waals surface area (Å²) in [6, 6.07) is 11.3. The van der Waals surface area contributed by atoms with Gasteiger partial charge in [0, 0.05) is 10.2 Å². The predicted molar refractivity (Wildman–Crippen MR) is 89.2 cm³/mol. The number of benzene rings is 2. The summed E-state index contributed by atoms with van der Waals surface area (Å²) in [5, 5.41) is 2.93. The van der Waals surface area contributed by atoms with Crippen LogP contribution < -0.4 is 10.1 Å². The molecular weight excluding hydrogens is 330 g/mol. The van der Waals surface area contributed by atoms with Crippen molar-refractivity contribution in [3.05, 3.63) is 57.6 Å². The molecule has 0 bridgehead atoms. The molecule has 2 aromatic rings. The van der Waals surface area contributed by atoms with Crippen LogP contribution in [-0.2, 0) is 0 Å². The Balaban J connectivity index is 2.19. The fourth-order valence-corrected chi connectivity index (χ4v) is 2.70. The van der Waals surface area contributed by atoms with Crippen LogP contribution in [-0.4, -0.2) is 12.5 Å².